The molecule has 2 aliphatic heterocycles. The molecule has 2 saturated heterocycles. The number of aromatic carboxylic acids is 1. The molecule has 0 spiro atoms. The van der Waals surface area contributed by atoms with Crippen molar-refractivity contribution in [2.24, 2.45) is 0 Å². The Hall–Kier alpha value is -6.39. The predicted octanol–water partition coefficient (Wildman–Crippen LogP) is 7.42. The lowest BCUT2D eigenvalue weighted by Crippen LogP contribution is -2.44. The first-order valence-corrected chi connectivity index (χ1v) is 20.3. The number of aromatic amines is 2. The van der Waals surface area contributed by atoms with Crippen molar-refractivity contribution in [1.29, 1.82) is 0 Å². The Labute approximate surface area is 369 Å². The smallest absolute Gasteiger partial charge is 0.335 e. The van der Waals surface area contributed by atoms with Gasteiger partial charge in [0.05, 0.1) is 18.8 Å². The van der Waals surface area contributed by atoms with Gasteiger partial charge in [0, 0.05) is 74.2 Å². The number of nitrogens with zero attached hydrogens (tertiary/aromatic N) is 6. The van der Waals surface area contributed by atoms with Crippen LogP contribution < -0.4 is 29.9 Å². The largest absolute Gasteiger partial charge is 0.508 e. The van der Waals surface area contributed by atoms with E-state index in [4.69, 9.17) is 34.5 Å². The number of carbonyl (C=O) groups is 1. The minimum absolute atomic E-state index is 0. The molecule has 17 heteroatoms. The summed E-state index contributed by atoms with van der Waals surface area (Å²) < 4.78 is 11.7. The Bertz CT molecular complexity index is 2820. The molecule has 0 atom stereocenters. The van der Waals surface area contributed by atoms with Gasteiger partial charge in [0.1, 0.15) is 27.8 Å². The van der Waals surface area contributed by atoms with Gasteiger partial charge in [-0.1, -0.05) is 48.5 Å². The molecule has 8 aromatic rings. The highest BCUT2D eigenvalue weighted by Crippen LogP contribution is 2.36. The van der Waals surface area contributed by atoms with Crippen molar-refractivity contribution in [1.82, 2.24) is 40.5 Å². The van der Waals surface area contributed by atoms with E-state index in [0.29, 0.717) is 36.9 Å². The standard InChI is InChI=1S/C23H23N5O3.C22H23N5O2.2ClH/c1-2-31-21-20-19(26-23(27-21)28-11-9-24-10-12-28)17-8-7-16(13-18(17)25-20)14-3-5-15(6-4-14)22(29)30;1-2-29-21-20-19(25-22(26-21)27-11-9-23-10-12-27)17-8-5-15(13-18(17)24-20)14-3-6-16(28)7-4-14;;/h3-8,13,24-25H,2,9-12H2,1H3,(H,29,30);3-8,13,23-24,28H,2,9-12H2,1H3;2*1H. The van der Waals surface area contributed by atoms with Gasteiger partial charge in [0.25, 0.3) is 0 Å². The van der Waals surface area contributed by atoms with Crippen molar-refractivity contribution in [2.75, 3.05) is 75.4 Å². The van der Waals surface area contributed by atoms with Crippen LogP contribution in [0.3, 0.4) is 0 Å². The zero-order valence-electron chi connectivity index (χ0n) is 34.3. The van der Waals surface area contributed by atoms with Gasteiger partial charge in [-0.2, -0.15) is 9.97 Å². The van der Waals surface area contributed by atoms with Crippen LogP contribution in [0.1, 0.15) is 24.2 Å². The molecule has 10 rings (SSSR count). The van der Waals surface area contributed by atoms with E-state index in [2.05, 4.69) is 48.6 Å². The van der Waals surface area contributed by atoms with Crippen LogP contribution in [0.5, 0.6) is 17.5 Å². The molecule has 0 bridgehead atoms. The summed E-state index contributed by atoms with van der Waals surface area (Å²) in [7, 11) is 0. The number of carboxylic acids is 1. The summed E-state index contributed by atoms with van der Waals surface area (Å²) in [6.45, 7) is 12.1. The van der Waals surface area contributed by atoms with Crippen molar-refractivity contribution in [3.63, 3.8) is 0 Å². The molecule has 0 amide bonds. The number of halogens is 2. The summed E-state index contributed by atoms with van der Waals surface area (Å²) in [6, 6.07) is 26.5. The first-order valence-electron chi connectivity index (χ1n) is 20.3. The second-order valence-electron chi connectivity index (χ2n) is 14.6. The number of fused-ring (bicyclic) bond motifs is 6. The highest BCUT2D eigenvalue weighted by atomic mass is 35.5. The predicted molar refractivity (Wildman–Crippen MR) is 249 cm³/mol. The quantitative estimate of drug-likeness (QED) is 0.0841. The van der Waals surface area contributed by atoms with Gasteiger partial charge >= 0.3 is 5.97 Å². The summed E-state index contributed by atoms with van der Waals surface area (Å²) in [5, 5.41) is 27.4. The second-order valence-corrected chi connectivity index (χ2v) is 14.6. The van der Waals surface area contributed by atoms with Gasteiger partial charge in [-0.25, -0.2) is 14.8 Å². The van der Waals surface area contributed by atoms with Gasteiger partial charge in [-0.05, 0) is 72.5 Å². The Morgan fingerprint density at radius 2 is 1.00 bits per heavy atom. The van der Waals surface area contributed by atoms with E-state index in [1.165, 1.54) is 0 Å². The van der Waals surface area contributed by atoms with E-state index >= 15 is 0 Å². The third-order valence-electron chi connectivity index (χ3n) is 10.8. The number of ether oxygens (including phenoxy) is 2. The fraction of sp³-hybridized carbons (Fsp3) is 0.267. The number of H-pyrrole nitrogens is 2. The molecule has 6 heterocycles. The van der Waals surface area contributed by atoms with Crippen molar-refractivity contribution < 1.29 is 24.5 Å². The Morgan fingerprint density at radius 1 is 0.597 bits per heavy atom. The second kappa shape index (κ2) is 19.1. The third-order valence-corrected chi connectivity index (χ3v) is 10.8. The fourth-order valence-corrected chi connectivity index (χ4v) is 7.76. The Morgan fingerprint density at radius 3 is 1.40 bits per heavy atom. The lowest BCUT2D eigenvalue weighted by Gasteiger charge is -2.27. The average Bonchev–Trinajstić information content (AvgIpc) is 3.86. The summed E-state index contributed by atoms with van der Waals surface area (Å²) in [5.74, 6) is 1.88. The molecule has 0 saturated carbocycles. The van der Waals surface area contributed by atoms with Gasteiger partial charge in [-0.15, -0.1) is 24.8 Å². The normalized spacial score (nSPS) is 14.0. The molecule has 4 aromatic carbocycles. The zero-order valence-corrected chi connectivity index (χ0v) is 35.9. The minimum Gasteiger partial charge on any atom is -0.508 e. The van der Waals surface area contributed by atoms with Crippen LogP contribution >= 0.6 is 24.8 Å². The van der Waals surface area contributed by atoms with Gasteiger partial charge in [-0.3, -0.25) is 0 Å². The van der Waals surface area contributed by atoms with Crippen LogP contribution in [0.4, 0.5) is 11.9 Å². The number of hydrogen-bond acceptors (Lipinski definition) is 12. The topological polar surface area (TPSA) is 190 Å². The van der Waals surface area contributed by atoms with E-state index in [1.54, 1.807) is 24.3 Å². The number of nitrogens with one attached hydrogen (secondary N) is 4. The molecular weight excluding hydrogens is 831 g/mol. The van der Waals surface area contributed by atoms with E-state index in [1.807, 2.05) is 56.3 Å². The lowest BCUT2D eigenvalue weighted by atomic mass is 10.0. The molecule has 0 radical (unpaired) electrons. The number of carboxylic acid groups (broad SMARTS) is 1. The monoisotopic (exact) mass is 878 g/mol. The zero-order chi connectivity index (χ0) is 41.2. The number of hydrogen-bond donors (Lipinski definition) is 6. The van der Waals surface area contributed by atoms with Gasteiger partial charge in [0.15, 0.2) is 0 Å². The van der Waals surface area contributed by atoms with Gasteiger partial charge in [0.2, 0.25) is 23.7 Å². The van der Waals surface area contributed by atoms with Crippen LogP contribution in [-0.4, -0.2) is 112 Å². The molecule has 2 fully saturated rings. The van der Waals surface area contributed by atoms with Crippen molar-refractivity contribution in [3.8, 4) is 39.8 Å². The lowest BCUT2D eigenvalue weighted by molar-refractivity contribution is 0.0697. The number of phenolic OH excluding ortho intramolecular Hbond substituents is 1. The Kier molecular flexibility index (Phi) is 13.5. The molecule has 0 aliphatic carbocycles. The van der Waals surface area contributed by atoms with Crippen LogP contribution in [-0.2, 0) is 0 Å². The molecule has 62 heavy (non-hydrogen) atoms. The maximum Gasteiger partial charge on any atom is 0.335 e. The highest BCUT2D eigenvalue weighted by Gasteiger charge is 2.22. The number of piperazine rings is 2. The number of phenols is 1. The number of rotatable bonds is 9. The highest BCUT2D eigenvalue weighted by molar-refractivity contribution is 6.09. The maximum atomic E-state index is 11.1. The molecule has 6 N–H and O–H groups in total. The first kappa shape index (κ1) is 43.7. The van der Waals surface area contributed by atoms with E-state index < -0.39 is 5.97 Å². The maximum absolute atomic E-state index is 11.1. The molecule has 15 nitrogen and oxygen atoms in total. The molecule has 322 valence electrons. The molecular formula is C45H48Cl2N10O5. The van der Waals surface area contributed by atoms with Crippen LogP contribution in [0.25, 0.3) is 66.1 Å². The molecule has 4 aromatic heterocycles. The average molecular weight is 880 g/mol. The number of aromatic hydroxyl groups is 1. The van der Waals surface area contributed by atoms with Gasteiger partial charge < -0.3 is 50.1 Å². The summed E-state index contributed by atoms with van der Waals surface area (Å²) in [5.41, 5.74) is 9.57. The van der Waals surface area contributed by atoms with Crippen LogP contribution in [0.2, 0.25) is 0 Å². The molecule has 2 aliphatic rings. The van der Waals surface area contributed by atoms with E-state index in [-0.39, 0.29) is 36.1 Å². The number of benzene rings is 4. The van der Waals surface area contributed by atoms with Crippen molar-refractivity contribution >= 4 is 86.6 Å². The SMILES string of the molecule is CCOc1nc(N2CCNCC2)nc2c1[nH]c1cc(-c3ccc(C(=O)O)cc3)ccc12.CCOc1nc(N2CCNCC2)nc2c1[nH]c1cc(-c3ccc(O)cc3)ccc12.Cl.Cl. The number of aromatic nitrogens is 6. The van der Waals surface area contributed by atoms with Crippen molar-refractivity contribution in [2.45, 2.75) is 13.8 Å². The summed E-state index contributed by atoms with van der Waals surface area (Å²) >= 11 is 0. The minimum atomic E-state index is -0.931. The van der Waals surface area contributed by atoms with E-state index in [0.717, 1.165) is 118 Å². The summed E-state index contributed by atoms with van der Waals surface area (Å²) in [6.07, 6.45) is 0. The third kappa shape index (κ3) is 8.83. The van der Waals surface area contributed by atoms with Crippen LogP contribution in [0, 0.1) is 0 Å². The summed E-state index contributed by atoms with van der Waals surface area (Å²) in [4.78, 5) is 41.5. The molecule has 0 unspecified atom stereocenters. The van der Waals surface area contributed by atoms with Crippen molar-refractivity contribution in [3.05, 3.63) is 90.5 Å². The number of anilines is 2. The fourth-order valence-electron chi connectivity index (χ4n) is 7.76. The van der Waals surface area contributed by atoms with Crippen LogP contribution in [0.15, 0.2) is 84.9 Å². The first-order chi connectivity index (χ1) is 29.4. The van der Waals surface area contributed by atoms with E-state index in [9.17, 15) is 9.90 Å². The Balaban J connectivity index is 0.000000181.